The Bertz CT molecular complexity index is 824. The third-order valence-electron chi connectivity index (χ3n) is 4.51. The van der Waals surface area contributed by atoms with Crippen LogP contribution < -0.4 is 15.5 Å². The second-order valence-corrected chi connectivity index (χ2v) is 6.88. The van der Waals surface area contributed by atoms with Crippen LogP contribution >= 0.6 is 11.6 Å². The van der Waals surface area contributed by atoms with Crippen molar-refractivity contribution in [1.29, 1.82) is 0 Å². The maximum absolute atomic E-state index is 12.8. The van der Waals surface area contributed by atoms with Gasteiger partial charge in [0.1, 0.15) is 0 Å². The minimum absolute atomic E-state index is 0.0242. The van der Waals surface area contributed by atoms with Gasteiger partial charge in [-0.2, -0.15) is 0 Å². The third-order valence-corrected chi connectivity index (χ3v) is 4.83. The molecule has 0 aromatic heterocycles. The molecule has 2 N–H and O–H groups in total. The van der Waals surface area contributed by atoms with Gasteiger partial charge < -0.3 is 10.2 Å². The number of hydrogen-bond donors (Lipinski definition) is 2. The van der Waals surface area contributed by atoms with Gasteiger partial charge in [-0.25, -0.2) is 0 Å². The van der Waals surface area contributed by atoms with Crippen molar-refractivity contribution in [2.45, 2.75) is 32.4 Å². The number of carbonyl (C=O) groups excluding carboxylic acids is 2. The summed E-state index contributed by atoms with van der Waals surface area (Å²) in [5.74, 6) is -0.0768. The normalized spacial score (nSPS) is 18.0. The molecule has 0 spiro atoms. The van der Waals surface area contributed by atoms with Gasteiger partial charge in [0.05, 0.1) is 16.8 Å². The lowest BCUT2D eigenvalue weighted by Crippen LogP contribution is -2.39. The van der Waals surface area contributed by atoms with Crippen LogP contribution in [0.4, 0.5) is 11.4 Å². The summed E-state index contributed by atoms with van der Waals surface area (Å²) in [5, 5.41) is 6.76. The molecule has 2 unspecified atom stereocenters. The SMILES string of the molecule is CC(=O)Nc1cccc(C(C)NC2CCN(c3ccccc3Cl)C2=O)c1. The van der Waals surface area contributed by atoms with E-state index in [0.29, 0.717) is 11.6 Å². The Kier molecular flexibility index (Phi) is 5.59. The van der Waals surface area contributed by atoms with Gasteiger partial charge in [0.2, 0.25) is 11.8 Å². The molecule has 1 aliphatic rings. The molecule has 136 valence electrons. The highest BCUT2D eigenvalue weighted by Crippen LogP contribution is 2.30. The van der Waals surface area contributed by atoms with E-state index in [1.165, 1.54) is 6.92 Å². The second-order valence-electron chi connectivity index (χ2n) is 6.48. The number of amides is 2. The van der Waals surface area contributed by atoms with E-state index in [-0.39, 0.29) is 23.9 Å². The van der Waals surface area contributed by atoms with Gasteiger partial charge in [-0.15, -0.1) is 0 Å². The van der Waals surface area contributed by atoms with Crippen molar-refractivity contribution in [3.63, 3.8) is 0 Å². The van der Waals surface area contributed by atoms with Crippen LogP contribution in [-0.2, 0) is 9.59 Å². The number of rotatable bonds is 5. The van der Waals surface area contributed by atoms with Crippen LogP contribution in [0.1, 0.15) is 31.9 Å². The van der Waals surface area contributed by atoms with Gasteiger partial charge in [-0.05, 0) is 43.2 Å². The number of carbonyl (C=O) groups is 2. The molecule has 1 aliphatic heterocycles. The van der Waals surface area contributed by atoms with Crippen LogP contribution in [0.2, 0.25) is 5.02 Å². The van der Waals surface area contributed by atoms with Gasteiger partial charge >= 0.3 is 0 Å². The average molecular weight is 372 g/mol. The molecule has 1 fully saturated rings. The summed E-state index contributed by atoms with van der Waals surface area (Å²) < 4.78 is 0. The minimum Gasteiger partial charge on any atom is -0.326 e. The van der Waals surface area contributed by atoms with E-state index in [0.717, 1.165) is 23.4 Å². The van der Waals surface area contributed by atoms with Crippen LogP contribution in [-0.4, -0.2) is 24.4 Å². The minimum atomic E-state index is -0.259. The van der Waals surface area contributed by atoms with Crippen LogP contribution in [0.15, 0.2) is 48.5 Å². The molecule has 0 saturated carbocycles. The second kappa shape index (κ2) is 7.89. The maximum atomic E-state index is 12.8. The van der Waals surface area contributed by atoms with Gasteiger partial charge in [-0.3, -0.25) is 14.9 Å². The first-order valence-corrected chi connectivity index (χ1v) is 9.03. The highest BCUT2D eigenvalue weighted by molar-refractivity contribution is 6.33. The summed E-state index contributed by atoms with van der Waals surface area (Å²) >= 11 is 6.23. The molecule has 1 heterocycles. The Balaban J connectivity index is 1.69. The molecule has 3 rings (SSSR count). The number of nitrogens with one attached hydrogen (secondary N) is 2. The highest BCUT2D eigenvalue weighted by Gasteiger charge is 2.34. The van der Waals surface area contributed by atoms with Crippen molar-refractivity contribution in [3.8, 4) is 0 Å². The summed E-state index contributed by atoms with van der Waals surface area (Å²) in [7, 11) is 0. The first-order chi connectivity index (χ1) is 12.5. The molecule has 1 saturated heterocycles. The van der Waals surface area contributed by atoms with Crippen molar-refractivity contribution < 1.29 is 9.59 Å². The van der Waals surface area contributed by atoms with Gasteiger partial charge in [0.25, 0.3) is 0 Å². The number of halogens is 1. The summed E-state index contributed by atoms with van der Waals surface area (Å²) in [6, 6.07) is 14.7. The van der Waals surface area contributed by atoms with Gasteiger partial charge in [0.15, 0.2) is 0 Å². The molecule has 0 aliphatic carbocycles. The number of hydrogen-bond acceptors (Lipinski definition) is 3. The van der Waals surface area contributed by atoms with Crippen molar-refractivity contribution >= 4 is 34.8 Å². The summed E-state index contributed by atoms with van der Waals surface area (Å²) in [5.41, 5.74) is 2.52. The van der Waals surface area contributed by atoms with E-state index in [4.69, 9.17) is 11.6 Å². The first kappa shape index (κ1) is 18.4. The van der Waals surface area contributed by atoms with Crippen LogP contribution in [0, 0.1) is 0 Å². The summed E-state index contributed by atoms with van der Waals surface area (Å²) in [6.45, 7) is 4.13. The zero-order valence-corrected chi connectivity index (χ0v) is 15.6. The largest absolute Gasteiger partial charge is 0.326 e. The lowest BCUT2D eigenvalue weighted by atomic mass is 10.1. The Morgan fingerprint density at radius 3 is 2.73 bits per heavy atom. The lowest BCUT2D eigenvalue weighted by molar-refractivity contribution is -0.119. The van der Waals surface area contributed by atoms with E-state index in [2.05, 4.69) is 10.6 Å². The van der Waals surface area contributed by atoms with E-state index in [1.54, 1.807) is 11.0 Å². The predicted octanol–water partition coefficient (Wildman–Crippen LogP) is 3.75. The third kappa shape index (κ3) is 4.06. The van der Waals surface area contributed by atoms with Gasteiger partial charge in [-0.1, -0.05) is 35.9 Å². The van der Waals surface area contributed by atoms with Crippen molar-refractivity contribution in [3.05, 3.63) is 59.1 Å². The Morgan fingerprint density at radius 2 is 2.00 bits per heavy atom. The van der Waals surface area contributed by atoms with Gasteiger partial charge in [0, 0.05) is 25.2 Å². The van der Waals surface area contributed by atoms with E-state index in [9.17, 15) is 9.59 Å². The Hall–Kier alpha value is -2.37. The standard InChI is InChI=1S/C20H22ClN3O2/c1-13(15-6-5-7-16(12-15)23-14(2)25)22-18-10-11-24(20(18)26)19-9-4-3-8-17(19)21/h3-9,12-13,18,22H,10-11H2,1-2H3,(H,23,25). The quantitative estimate of drug-likeness (QED) is 0.841. The monoisotopic (exact) mass is 371 g/mol. The van der Waals surface area contributed by atoms with Crippen molar-refractivity contribution in [1.82, 2.24) is 5.32 Å². The maximum Gasteiger partial charge on any atom is 0.244 e. The fraction of sp³-hybridized carbons (Fsp3) is 0.300. The molecule has 2 aromatic carbocycles. The molecule has 0 bridgehead atoms. The average Bonchev–Trinajstić information content (AvgIpc) is 2.95. The van der Waals surface area contributed by atoms with Crippen LogP contribution in [0.3, 0.4) is 0 Å². The van der Waals surface area contributed by atoms with E-state index < -0.39 is 0 Å². The van der Waals surface area contributed by atoms with E-state index >= 15 is 0 Å². The lowest BCUT2D eigenvalue weighted by Gasteiger charge is -2.21. The number of nitrogens with zero attached hydrogens (tertiary/aromatic N) is 1. The fourth-order valence-corrected chi connectivity index (χ4v) is 3.47. The predicted molar refractivity (Wildman–Crippen MR) is 105 cm³/mol. The van der Waals surface area contributed by atoms with Crippen molar-refractivity contribution in [2.75, 3.05) is 16.8 Å². The molecule has 26 heavy (non-hydrogen) atoms. The molecule has 5 nitrogen and oxygen atoms in total. The molecule has 2 atom stereocenters. The fourth-order valence-electron chi connectivity index (χ4n) is 3.23. The zero-order valence-electron chi connectivity index (χ0n) is 14.8. The van der Waals surface area contributed by atoms with Crippen molar-refractivity contribution in [2.24, 2.45) is 0 Å². The summed E-state index contributed by atoms with van der Waals surface area (Å²) in [4.78, 5) is 25.7. The topological polar surface area (TPSA) is 61.4 Å². The smallest absolute Gasteiger partial charge is 0.244 e. The molecule has 6 heteroatoms. The van der Waals surface area contributed by atoms with Crippen LogP contribution in [0.25, 0.3) is 0 Å². The molecular weight excluding hydrogens is 350 g/mol. The molecular formula is C20H22ClN3O2. The number of benzene rings is 2. The number of anilines is 2. The summed E-state index contributed by atoms with van der Waals surface area (Å²) in [6.07, 6.45) is 0.722. The highest BCUT2D eigenvalue weighted by atomic mass is 35.5. The zero-order chi connectivity index (χ0) is 18.7. The molecule has 0 radical (unpaired) electrons. The Morgan fingerprint density at radius 1 is 1.23 bits per heavy atom. The first-order valence-electron chi connectivity index (χ1n) is 8.65. The Labute approximate surface area is 158 Å². The number of para-hydroxylation sites is 1. The van der Waals surface area contributed by atoms with Crippen LogP contribution in [0.5, 0.6) is 0 Å². The molecule has 2 aromatic rings. The van der Waals surface area contributed by atoms with E-state index in [1.807, 2.05) is 49.4 Å². The molecule has 2 amide bonds.